The van der Waals surface area contributed by atoms with Crippen molar-refractivity contribution in [1.29, 1.82) is 0 Å². The van der Waals surface area contributed by atoms with E-state index < -0.39 is 18.2 Å². The van der Waals surface area contributed by atoms with Crippen molar-refractivity contribution in [2.24, 2.45) is 0 Å². The summed E-state index contributed by atoms with van der Waals surface area (Å²) in [5.74, 6) is 1.12. The zero-order chi connectivity index (χ0) is 34.9. The number of alkyl carbamates (subject to hydrolysis) is 1. The van der Waals surface area contributed by atoms with Crippen LogP contribution in [0.5, 0.6) is 0 Å². The predicted octanol–water partition coefficient (Wildman–Crippen LogP) is 5.31. The summed E-state index contributed by atoms with van der Waals surface area (Å²) in [6, 6.07) is 15.3. The van der Waals surface area contributed by atoms with Gasteiger partial charge in [-0.05, 0) is 54.4 Å². The Morgan fingerprint density at radius 3 is 2.12 bits per heavy atom. The number of hydrogen-bond donors (Lipinski definition) is 4. The molecular weight excluding hydrogens is 638 g/mol. The molecule has 2 aliphatic rings. The van der Waals surface area contributed by atoms with Crippen LogP contribution in [0, 0.1) is 0 Å². The predicted molar refractivity (Wildman–Crippen MR) is 187 cm³/mol. The molecule has 264 valence electrons. The molecule has 0 bridgehead atoms. The lowest BCUT2D eigenvalue weighted by atomic mass is 10.0. The average Bonchev–Trinajstić information content (AvgIpc) is 3.93. The van der Waals surface area contributed by atoms with Crippen LogP contribution in [0.3, 0.4) is 0 Å². The van der Waals surface area contributed by atoms with Gasteiger partial charge in [-0.3, -0.25) is 9.59 Å². The highest BCUT2D eigenvalue weighted by molar-refractivity contribution is 5.86. The Labute approximate surface area is 291 Å². The number of imidazole rings is 2. The number of aromatic amines is 2. The summed E-state index contributed by atoms with van der Waals surface area (Å²) in [6.45, 7) is 1.91. The maximum absolute atomic E-state index is 13.2. The molecule has 3 amide bonds. The number of carbonyl (C=O) groups is 3. The summed E-state index contributed by atoms with van der Waals surface area (Å²) in [5.41, 5.74) is 5.84. The number of carbonyl (C=O) groups excluding carboxylic acids is 3. The van der Waals surface area contributed by atoms with Gasteiger partial charge in [-0.15, -0.1) is 0 Å². The molecule has 2 saturated heterocycles. The van der Waals surface area contributed by atoms with Crippen LogP contribution in [0.1, 0.15) is 68.7 Å². The molecule has 13 heteroatoms. The number of hydrogen-bond acceptors (Lipinski definition) is 8. The number of likely N-dealkylation sites (tertiary alicyclic amines) is 1. The van der Waals surface area contributed by atoms with E-state index in [0.29, 0.717) is 38.4 Å². The van der Waals surface area contributed by atoms with Crippen molar-refractivity contribution in [2.75, 3.05) is 40.6 Å². The van der Waals surface area contributed by atoms with Crippen LogP contribution in [-0.4, -0.2) is 89.4 Å². The van der Waals surface area contributed by atoms with Crippen LogP contribution in [0.25, 0.3) is 33.6 Å². The van der Waals surface area contributed by atoms with Gasteiger partial charge in [0, 0.05) is 26.9 Å². The second kappa shape index (κ2) is 16.6. The highest BCUT2D eigenvalue weighted by Crippen LogP contribution is 2.32. The van der Waals surface area contributed by atoms with E-state index in [-0.39, 0.29) is 24.5 Å². The first-order chi connectivity index (χ1) is 24.4. The normalized spacial score (nSPS) is 20.4. The molecule has 4 heterocycles. The van der Waals surface area contributed by atoms with Gasteiger partial charge in [-0.25, -0.2) is 14.8 Å². The Kier molecular flexibility index (Phi) is 11.6. The summed E-state index contributed by atoms with van der Waals surface area (Å²) < 4.78 is 15.6. The molecule has 3 atom stereocenters. The third-order valence-electron chi connectivity index (χ3n) is 9.35. The zero-order valence-corrected chi connectivity index (χ0v) is 28.6. The van der Waals surface area contributed by atoms with Crippen LogP contribution in [0.15, 0.2) is 60.9 Å². The summed E-state index contributed by atoms with van der Waals surface area (Å²) >= 11 is 0. The maximum Gasteiger partial charge on any atom is 0.407 e. The standard InChI is InChI=1S/C37H45N7O6/c1-48-23-33(45)44-18-6-8-32(44)35-39-22-31(41-35)27-15-11-25(12-16-27)24-9-13-26(14-10-24)30-21-38-34(40-30)28-17-20-50-19-5-3-4-7-29(36(46)42-28)43-37(47)49-2/h9-16,21-22,28-29,32H,3-8,17-20,23H2,1-2H3,(H,38,40)(H,39,41)(H,42,46)(H,43,47)/t28-,29-,32-/m0/s1. The van der Waals surface area contributed by atoms with Gasteiger partial charge in [0.2, 0.25) is 11.8 Å². The molecule has 50 heavy (non-hydrogen) atoms. The Morgan fingerprint density at radius 2 is 1.46 bits per heavy atom. The molecule has 6 rings (SSSR count). The summed E-state index contributed by atoms with van der Waals surface area (Å²) in [5, 5.41) is 5.73. The van der Waals surface area contributed by atoms with Gasteiger partial charge in [0.1, 0.15) is 24.3 Å². The first-order valence-corrected chi connectivity index (χ1v) is 17.3. The molecule has 2 aliphatic heterocycles. The number of amides is 3. The molecule has 4 N–H and O–H groups in total. The Balaban J connectivity index is 1.11. The van der Waals surface area contributed by atoms with Crippen molar-refractivity contribution >= 4 is 17.9 Å². The highest BCUT2D eigenvalue weighted by Gasteiger charge is 2.32. The van der Waals surface area contributed by atoms with Crippen molar-refractivity contribution in [3.05, 3.63) is 72.6 Å². The van der Waals surface area contributed by atoms with E-state index in [1.165, 1.54) is 14.2 Å². The van der Waals surface area contributed by atoms with Gasteiger partial charge in [0.15, 0.2) is 0 Å². The molecule has 0 saturated carbocycles. The second-order valence-electron chi connectivity index (χ2n) is 12.7. The first kappa shape index (κ1) is 34.8. The van der Waals surface area contributed by atoms with Gasteiger partial charge < -0.3 is 39.7 Å². The fourth-order valence-electron chi connectivity index (χ4n) is 6.61. The number of methoxy groups -OCH3 is 2. The molecule has 4 aromatic rings. The minimum absolute atomic E-state index is 0.0178. The number of H-pyrrole nitrogens is 2. The highest BCUT2D eigenvalue weighted by atomic mass is 16.5. The Bertz CT molecular complexity index is 1740. The lowest BCUT2D eigenvalue weighted by Crippen LogP contribution is -2.48. The summed E-state index contributed by atoms with van der Waals surface area (Å²) in [4.78, 5) is 55.5. The topological polar surface area (TPSA) is 164 Å². The van der Waals surface area contributed by atoms with E-state index in [1.54, 1.807) is 6.20 Å². The third-order valence-corrected chi connectivity index (χ3v) is 9.35. The van der Waals surface area contributed by atoms with E-state index >= 15 is 0 Å². The van der Waals surface area contributed by atoms with E-state index in [1.807, 2.05) is 23.2 Å². The summed E-state index contributed by atoms with van der Waals surface area (Å²) in [6.07, 6.45) is 8.41. The van der Waals surface area contributed by atoms with Crippen LogP contribution >= 0.6 is 0 Å². The fourth-order valence-corrected chi connectivity index (χ4v) is 6.61. The van der Waals surface area contributed by atoms with Gasteiger partial charge in [0.05, 0.1) is 43.0 Å². The van der Waals surface area contributed by atoms with Crippen molar-refractivity contribution < 1.29 is 28.6 Å². The number of ether oxygens (including phenoxy) is 3. The lowest BCUT2D eigenvalue weighted by molar-refractivity contribution is -0.136. The number of nitrogens with zero attached hydrogens (tertiary/aromatic N) is 3. The van der Waals surface area contributed by atoms with E-state index in [9.17, 15) is 14.4 Å². The molecular formula is C37H45N7O6. The van der Waals surface area contributed by atoms with Crippen LogP contribution < -0.4 is 10.6 Å². The van der Waals surface area contributed by atoms with Gasteiger partial charge in [0.25, 0.3) is 0 Å². The minimum atomic E-state index is -0.695. The van der Waals surface area contributed by atoms with Gasteiger partial charge in [-0.1, -0.05) is 61.4 Å². The number of benzene rings is 2. The summed E-state index contributed by atoms with van der Waals surface area (Å²) in [7, 11) is 2.82. The number of aromatic nitrogens is 4. The van der Waals surface area contributed by atoms with Gasteiger partial charge >= 0.3 is 6.09 Å². The van der Waals surface area contributed by atoms with E-state index in [0.717, 1.165) is 71.6 Å². The smallest absolute Gasteiger partial charge is 0.407 e. The van der Waals surface area contributed by atoms with E-state index in [4.69, 9.17) is 14.2 Å². The molecule has 2 aromatic carbocycles. The van der Waals surface area contributed by atoms with Crippen molar-refractivity contribution in [1.82, 2.24) is 35.5 Å². The fraction of sp³-hybridized carbons (Fsp3) is 0.432. The minimum Gasteiger partial charge on any atom is -0.453 e. The van der Waals surface area contributed by atoms with Gasteiger partial charge in [-0.2, -0.15) is 0 Å². The van der Waals surface area contributed by atoms with Crippen LogP contribution in [0.4, 0.5) is 4.79 Å². The number of nitrogens with one attached hydrogen (secondary N) is 4. The number of rotatable bonds is 8. The quantitative estimate of drug-likeness (QED) is 0.194. The maximum atomic E-state index is 13.2. The average molecular weight is 684 g/mol. The second-order valence-corrected chi connectivity index (χ2v) is 12.7. The van der Waals surface area contributed by atoms with Crippen molar-refractivity contribution in [2.45, 2.75) is 63.1 Å². The van der Waals surface area contributed by atoms with E-state index in [2.05, 4.69) is 67.0 Å². The molecule has 0 unspecified atom stereocenters. The van der Waals surface area contributed by atoms with Crippen LogP contribution in [0.2, 0.25) is 0 Å². The Morgan fingerprint density at radius 1 is 0.820 bits per heavy atom. The van der Waals surface area contributed by atoms with Crippen molar-refractivity contribution in [3.8, 4) is 33.6 Å². The zero-order valence-electron chi connectivity index (χ0n) is 28.6. The van der Waals surface area contributed by atoms with Crippen LogP contribution in [-0.2, 0) is 23.8 Å². The largest absolute Gasteiger partial charge is 0.453 e. The first-order valence-electron chi connectivity index (χ1n) is 17.3. The molecule has 0 spiro atoms. The van der Waals surface area contributed by atoms with Crippen molar-refractivity contribution in [3.63, 3.8) is 0 Å². The molecule has 0 radical (unpaired) electrons. The SMILES string of the molecule is COCC(=O)N1CCC[C@H]1c1ncc(-c2ccc(-c3ccc(-c4cnc([C@@H]5CCOCCCCC[C@H](NC(=O)OC)C(=O)N5)[nH]4)cc3)cc2)[nH]1. The molecule has 2 aromatic heterocycles. The molecule has 2 fully saturated rings. The lowest BCUT2D eigenvalue weighted by Gasteiger charge is -2.23. The molecule has 0 aliphatic carbocycles. The third kappa shape index (κ3) is 8.40. The molecule has 13 nitrogen and oxygen atoms in total. The monoisotopic (exact) mass is 683 g/mol. The Hall–Kier alpha value is -5.01.